The summed E-state index contributed by atoms with van der Waals surface area (Å²) in [6.07, 6.45) is 2.17. The molecule has 8 nitrogen and oxygen atoms in total. The maximum Gasteiger partial charge on any atom is 0.305 e. The number of hydrogen-bond acceptors (Lipinski definition) is 6. The van der Waals surface area contributed by atoms with E-state index in [1.165, 1.54) is 26.2 Å². The zero-order chi connectivity index (χ0) is 27.8. The molecule has 0 saturated heterocycles. The van der Waals surface area contributed by atoms with Crippen molar-refractivity contribution in [3.63, 3.8) is 0 Å². The molecule has 39 heavy (non-hydrogen) atoms. The third-order valence-corrected chi connectivity index (χ3v) is 6.80. The summed E-state index contributed by atoms with van der Waals surface area (Å²) < 4.78 is 25.6. The largest absolute Gasteiger partial charge is 0.493 e. The molecule has 0 aliphatic heterocycles. The molecule has 214 valence electrons. The van der Waals surface area contributed by atoms with Crippen molar-refractivity contribution in [1.82, 2.24) is 9.80 Å². The Kier molecular flexibility index (Phi) is 12.5. The summed E-state index contributed by atoms with van der Waals surface area (Å²) in [6, 6.07) is 9.30. The Morgan fingerprint density at radius 2 is 1.87 bits per heavy atom. The number of carbonyl (C=O) groups excluding carboxylic acids is 2. The van der Waals surface area contributed by atoms with Gasteiger partial charge in [-0.05, 0) is 54.2 Å². The number of ether oxygens (including phenoxy) is 2. The van der Waals surface area contributed by atoms with Gasteiger partial charge >= 0.3 is 5.97 Å². The van der Waals surface area contributed by atoms with E-state index in [2.05, 4.69) is 4.90 Å². The Morgan fingerprint density at radius 3 is 2.44 bits per heavy atom. The lowest BCUT2D eigenvalue weighted by Gasteiger charge is -2.32. The van der Waals surface area contributed by atoms with Gasteiger partial charge in [-0.1, -0.05) is 30.7 Å². The van der Waals surface area contributed by atoms with E-state index >= 15 is 0 Å². The van der Waals surface area contributed by atoms with Gasteiger partial charge in [0.15, 0.2) is 11.5 Å². The van der Waals surface area contributed by atoms with Crippen molar-refractivity contribution in [1.29, 1.82) is 0 Å². The molecule has 0 spiro atoms. The van der Waals surface area contributed by atoms with Gasteiger partial charge in [-0.2, -0.15) is 0 Å². The summed E-state index contributed by atoms with van der Waals surface area (Å²) >= 11 is 5.87. The van der Waals surface area contributed by atoms with Crippen molar-refractivity contribution < 1.29 is 33.4 Å². The highest BCUT2D eigenvalue weighted by atomic mass is 35.5. The van der Waals surface area contributed by atoms with Crippen LogP contribution in [0, 0.1) is 11.7 Å². The number of imide groups is 1. The normalized spacial score (nSPS) is 13.4. The smallest absolute Gasteiger partial charge is 0.305 e. The molecule has 1 N–H and O–H groups in total. The maximum absolute atomic E-state index is 14.3. The number of halogens is 3. The van der Waals surface area contributed by atoms with Gasteiger partial charge in [0.1, 0.15) is 12.4 Å². The van der Waals surface area contributed by atoms with Crippen LogP contribution >= 0.6 is 24.0 Å². The third kappa shape index (κ3) is 9.37. The molecule has 1 fully saturated rings. The van der Waals surface area contributed by atoms with Gasteiger partial charge in [-0.3, -0.25) is 24.2 Å². The van der Waals surface area contributed by atoms with E-state index in [9.17, 15) is 23.9 Å². The Morgan fingerprint density at radius 1 is 1.15 bits per heavy atom. The average molecular weight is 586 g/mol. The van der Waals surface area contributed by atoms with Crippen molar-refractivity contribution >= 4 is 41.8 Å². The average Bonchev–Trinajstić information content (AvgIpc) is 3.70. The molecule has 0 radical (unpaired) electrons. The van der Waals surface area contributed by atoms with E-state index < -0.39 is 17.8 Å². The number of benzene rings is 2. The van der Waals surface area contributed by atoms with E-state index in [0.29, 0.717) is 36.1 Å². The molecule has 11 heteroatoms. The molecule has 1 atom stereocenters. The van der Waals surface area contributed by atoms with Gasteiger partial charge in [0.25, 0.3) is 0 Å². The number of aliphatic carboxylic acids is 1. The first-order valence-electron chi connectivity index (χ1n) is 12.6. The van der Waals surface area contributed by atoms with Crippen molar-refractivity contribution in [2.75, 3.05) is 26.8 Å². The van der Waals surface area contributed by atoms with Gasteiger partial charge in [-0.25, -0.2) is 4.39 Å². The van der Waals surface area contributed by atoms with E-state index in [-0.39, 0.29) is 55.2 Å². The van der Waals surface area contributed by atoms with Crippen LogP contribution in [0.4, 0.5) is 4.39 Å². The van der Waals surface area contributed by atoms with Crippen molar-refractivity contribution in [3.05, 3.63) is 58.4 Å². The van der Waals surface area contributed by atoms with Crippen molar-refractivity contribution in [3.8, 4) is 11.5 Å². The highest BCUT2D eigenvalue weighted by Crippen LogP contribution is 2.37. The van der Waals surface area contributed by atoms with Crippen LogP contribution in [0.3, 0.4) is 0 Å². The second-order valence-electron chi connectivity index (χ2n) is 9.41. The lowest BCUT2D eigenvalue weighted by molar-refractivity contribution is -0.144. The molecule has 2 aromatic rings. The van der Waals surface area contributed by atoms with Crippen molar-refractivity contribution in [2.45, 2.75) is 52.1 Å². The molecule has 2 aromatic carbocycles. The SMILES string of the molecule is CCC(=O)N(CCOc1ccc(CN(CC2CC2)C(CC(=O)O)c2ccc(Cl)c(F)c2)cc1OC)C(C)=O.Cl. The van der Waals surface area contributed by atoms with Crippen LogP contribution in [0.5, 0.6) is 11.5 Å². The minimum atomic E-state index is -0.978. The van der Waals surface area contributed by atoms with Gasteiger partial charge in [0.05, 0.1) is 25.1 Å². The Bertz CT molecular complexity index is 1160. The molecule has 3 rings (SSSR count). The first kappa shape index (κ1) is 32.3. The minimum Gasteiger partial charge on any atom is -0.493 e. The van der Waals surface area contributed by atoms with Crippen molar-refractivity contribution in [2.24, 2.45) is 5.92 Å². The van der Waals surface area contributed by atoms with E-state index in [1.807, 2.05) is 12.1 Å². The standard InChI is InChI=1S/C28H34ClFN2O6.ClH/c1-4-27(34)32(18(2)33)11-12-38-25-10-7-20(13-26(25)37-3)17-31(16-19-5-6-19)24(15-28(35)36)21-8-9-22(29)23(30)14-21;/h7-10,13-14,19,24H,4-6,11-12,15-17H2,1-3H3,(H,35,36);1H. The number of carbonyl (C=O) groups is 3. The molecule has 0 aromatic heterocycles. The van der Waals surface area contributed by atoms with Crippen LogP contribution in [0.25, 0.3) is 0 Å². The van der Waals surface area contributed by atoms with Gasteiger partial charge < -0.3 is 14.6 Å². The lowest BCUT2D eigenvalue weighted by atomic mass is 10.00. The summed E-state index contributed by atoms with van der Waals surface area (Å²) in [6.45, 7) is 4.35. The monoisotopic (exact) mass is 584 g/mol. The summed E-state index contributed by atoms with van der Waals surface area (Å²) in [7, 11) is 1.51. The second kappa shape index (κ2) is 15.1. The second-order valence-corrected chi connectivity index (χ2v) is 9.82. The summed E-state index contributed by atoms with van der Waals surface area (Å²) in [5.41, 5.74) is 1.42. The predicted octanol–water partition coefficient (Wildman–Crippen LogP) is 5.50. The maximum atomic E-state index is 14.3. The molecule has 1 aliphatic rings. The highest BCUT2D eigenvalue weighted by Gasteiger charge is 2.31. The van der Waals surface area contributed by atoms with E-state index in [4.69, 9.17) is 21.1 Å². The molecular weight excluding hydrogens is 550 g/mol. The topological polar surface area (TPSA) is 96.4 Å². The van der Waals surface area contributed by atoms with Crippen LogP contribution in [0.1, 0.15) is 56.7 Å². The van der Waals surface area contributed by atoms with Crippen LogP contribution in [0.2, 0.25) is 5.02 Å². The van der Waals surface area contributed by atoms with Gasteiger partial charge in [0.2, 0.25) is 11.8 Å². The minimum absolute atomic E-state index is 0. The van der Waals surface area contributed by atoms with E-state index in [1.54, 1.807) is 19.1 Å². The first-order valence-corrected chi connectivity index (χ1v) is 13.0. The zero-order valence-electron chi connectivity index (χ0n) is 22.3. The molecule has 0 heterocycles. The van der Waals surface area contributed by atoms with Crippen LogP contribution in [0.15, 0.2) is 36.4 Å². The summed E-state index contributed by atoms with van der Waals surface area (Å²) in [5, 5.41) is 9.62. The fourth-order valence-electron chi connectivity index (χ4n) is 4.34. The number of methoxy groups -OCH3 is 1. The molecule has 1 unspecified atom stereocenters. The number of nitrogens with zero attached hydrogens (tertiary/aromatic N) is 2. The molecule has 1 aliphatic carbocycles. The molecular formula is C28H35Cl2FN2O6. The Hall–Kier alpha value is -2.88. The first-order chi connectivity index (χ1) is 18.1. The van der Waals surface area contributed by atoms with Crippen LogP contribution < -0.4 is 9.47 Å². The van der Waals surface area contributed by atoms with Gasteiger partial charge in [0, 0.05) is 32.5 Å². The Labute approximate surface area is 239 Å². The number of carboxylic acids is 1. The van der Waals surface area contributed by atoms with Crippen LogP contribution in [-0.4, -0.2) is 59.5 Å². The fraction of sp³-hybridized carbons (Fsp3) is 0.464. The number of carboxylic acid groups (broad SMARTS) is 1. The quantitative estimate of drug-likeness (QED) is 0.313. The van der Waals surface area contributed by atoms with Gasteiger partial charge in [-0.15, -0.1) is 12.4 Å². The molecule has 2 amide bonds. The summed E-state index contributed by atoms with van der Waals surface area (Å²) in [5.74, 6) is -0.781. The number of hydrogen-bond donors (Lipinski definition) is 1. The summed E-state index contributed by atoms with van der Waals surface area (Å²) in [4.78, 5) is 38.7. The van der Waals surface area contributed by atoms with E-state index in [0.717, 1.165) is 23.3 Å². The molecule has 1 saturated carbocycles. The van der Waals surface area contributed by atoms with Crippen LogP contribution in [-0.2, 0) is 20.9 Å². The predicted molar refractivity (Wildman–Crippen MR) is 148 cm³/mol. The molecule has 0 bridgehead atoms. The Balaban J connectivity index is 0.00000533. The fourth-order valence-corrected chi connectivity index (χ4v) is 4.45. The highest BCUT2D eigenvalue weighted by molar-refractivity contribution is 6.30. The zero-order valence-corrected chi connectivity index (χ0v) is 23.9. The number of amides is 2. The lowest BCUT2D eigenvalue weighted by Crippen LogP contribution is -2.37. The third-order valence-electron chi connectivity index (χ3n) is 6.50. The number of rotatable bonds is 14.